The van der Waals surface area contributed by atoms with Crippen LogP contribution in [-0.2, 0) is 0 Å². The van der Waals surface area contributed by atoms with Gasteiger partial charge in [-0.2, -0.15) is 0 Å². The van der Waals surface area contributed by atoms with Crippen molar-refractivity contribution in [1.82, 2.24) is 9.97 Å². The van der Waals surface area contributed by atoms with Crippen LogP contribution < -0.4 is 0 Å². The fraction of sp³-hybridized carbons (Fsp3) is 0.125. The van der Waals surface area contributed by atoms with Crippen LogP contribution in [0.4, 0.5) is 0 Å². The Hall–Kier alpha value is -2.22. The van der Waals surface area contributed by atoms with E-state index in [9.17, 15) is 0 Å². The average Bonchev–Trinajstić information content (AvgIpc) is 2.50. The van der Waals surface area contributed by atoms with Gasteiger partial charge in [0, 0.05) is 24.7 Å². The second-order valence-corrected chi connectivity index (χ2v) is 4.08. The summed E-state index contributed by atoms with van der Waals surface area (Å²) in [6.45, 7) is 2.09. The van der Waals surface area contributed by atoms with Crippen LogP contribution in [0.5, 0.6) is 0 Å². The largest absolute Gasteiger partial charge is 0.265 e. The lowest BCUT2D eigenvalue weighted by molar-refractivity contribution is 1.30. The van der Waals surface area contributed by atoms with Crippen LogP contribution in [0.1, 0.15) is 14.3 Å². The van der Waals surface area contributed by atoms with Gasteiger partial charge in [0.15, 0.2) is 0 Å². The lowest BCUT2D eigenvalue weighted by Gasteiger charge is -2.04. The van der Waals surface area contributed by atoms with Crippen molar-refractivity contribution >= 4 is 10.9 Å². The van der Waals surface area contributed by atoms with Gasteiger partial charge in [0.2, 0.25) is 0 Å². The van der Waals surface area contributed by atoms with Gasteiger partial charge >= 0.3 is 0 Å². The van der Waals surface area contributed by atoms with E-state index < -0.39 is 0 Å². The SMILES string of the molecule is Cc1cccc2ccc(-c3ccncc3)nc12.[2H]C. The van der Waals surface area contributed by atoms with E-state index in [4.69, 9.17) is 6.35 Å². The van der Waals surface area contributed by atoms with Gasteiger partial charge in [-0.05, 0) is 30.7 Å². The van der Waals surface area contributed by atoms with Gasteiger partial charge in [-0.1, -0.05) is 31.7 Å². The molecule has 18 heavy (non-hydrogen) atoms. The molecule has 0 bridgehead atoms. The van der Waals surface area contributed by atoms with E-state index in [-0.39, 0.29) is 0 Å². The van der Waals surface area contributed by atoms with Crippen molar-refractivity contribution in [3.63, 3.8) is 0 Å². The average molecular weight is 237 g/mol. The van der Waals surface area contributed by atoms with Gasteiger partial charge in [-0.25, -0.2) is 4.98 Å². The molecule has 3 rings (SSSR count). The molecule has 0 radical (unpaired) electrons. The van der Waals surface area contributed by atoms with Gasteiger partial charge in [0.05, 0.1) is 11.2 Å². The molecule has 2 heterocycles. The van der Waals surface area contributed by atoms with Crippen LogP contribution >= 0.6 is 0 Å². The Morgan fingerprint density at radius 2 is 1.78 bits per heavy atom. The number of benzene rings is 1. The molecule has 0 aliphatic carbocycles. The highest BCUT2D eigenvalue weighted by atomic mass is 14.7. The number of aryl methyl sites for hydroxylation is 1. The number of pyridine rings is 2. The molecule has 0 saturated carbocycles. The molecule has 2 nitrogen and oxygen atoms in total. The van der Waals surface area contributed by atoms with Gasteiger partial charge in [-0.15, -0.1) is 0 Å². The van der Waals surface area contributed by atoms with Crippen molar-refractivity contribution in [1.29, 1.82) is 0 Å². The highest BCUT2D eigenvalue weighted by Gasteiger charge is 2.02. The maximum atomic E-state index is 5.75. The van der Waals surface area contributed by atoms with E-state index >= 15 is 0 Å². The van der Waals surface area contributed by atoms with E-state index in [2.05, 4.69) is 42.2 Å². The first-order valence-electron chi connectivity index (χ1n) is 6.61. The number of aromatic nitrogens is 2. The molecule has 0 fully saturated rings. The van der Waals surface area contributed by atoms with E-state index in [1.807, 2.05) is 12.1 Å². The van der Waals surface area contributed by atoms with Crippen LogP contribution in [-0.4, -0.2) is 9.97 Å². The van der Waals surface area contributed by atoms with Crippen molar-refractivity contribution in [3.05, 3.63) is 60.4 Å². The Morgan fingerprint density at radius 1 is 1.00 bits per heavy atom. The molecule has 1 aromatic carbocycles. The highest BCUT2D eigenvalue weighted by molar-refractivity contribution is 5.84. The van der Waals surface area contributed by atoms with Gasteiger partial charge < -0.3 is 0 Å². The van der Waals surface area contributed by atoms with Crippen LogP contribution in [0.2, 0.25) is 0 Å². The molecule has 0 unspecified atom stereocenters. The van der Waals surface area contributed by atoms with Crippen LogP contribution in [0, 0.1) is 6.92 Å². The minimum absolute atomic E-state index is 0.995. The summed E-state index contributed by atoms with van der Waals surface area (Å²) in [5.41, 5.74) is 4.37. The molecule has 0 saturated heterocycles. The summed E-state index contributed by atoms with van der Waals surface area (Å²) in [7, 11) is 1.25. The Balaban J connectivity index is 0.000000637. The molecule has 0 atom stereocenters. The molecular weight excluding hydrogens is 220 g/mol. The molecule has 2 heteroatoms. The second kappa shape index (κ2) is 4.96. The Kier molecular flexibility index (Phi) is 3.01. The Labute approximate surface area is 109 Å². The molecule has 0 aliphatic heterocycles. The fourth-order valence-corrected chi connectivity index (χ4v) is 1.98. The monoisotopic (exact) mass is 237 g/mol. The molecule has 90 valence electrons. The number of hydrogen-bond acceptors (Lipinski definition) is 2. The summed E-state index contributed by atoms with van der Waals surface area (Å²) >= 11 is 0. The van der Waals surface area contributed by atoms with E-state index in [0.29, 0.717) is 0 Å². The fourth-order valence-electron chi connectivity index (χ4n) is 1.98. The summed E-state index contributed by atoms with van der Waals surface area (Å²) in [5, 5.41) is 1.18. The van der Waals surface area contributed by atoms with Gasteiger partial charge in [0.25, 0.3) is 0 Å². The standard InChI is InChI=1S/C15H12N2.CH4/c1-11-3-2-4-13-5-6-14(17-15(11)13)12-7-9-16-10-8-12;/h2-10H,1H3;1H4/i;1D. The number of hydrogen-bond donors (Lipinski definition) is 0. The Morgan fingerprint density at radius 3 is 2.56 bits per heavy atom. The number of nitrogens with zero attached hydrogens (tertiary/aromatic N) is 2. The third-order valence-corrected chi connectivity index (χ3v) is 2.90. The maximum Gasteiger partial charge on any atom is 0.0738 e. The van der Waals surface area contributed by atoms with Crippen LogP contribution in [0.15, 0.2) is 54.9 Å². The third kappa shape index (κ3) is 2.09. The van der Waals surface area contributed by atoms with Crippen molar-refractivity contribution < 1.29 is 1.37 Å². The summed E-state index contributed by atoms with van der Waals surface area (Å²) < 4.78 is 5.75. The van der Waals surface area contributed by atoms with E-state index in [1.165, 1.54) is 18.4 Å². The molecule has 0 aliphatic rings. The topological polar surface area (TPSA) is 25.8 Å². The quantitative estimate of drug-likeness (QED) is 0.632. The second-order valence-electron chi connectivity index (χ2n) is 4.08. The molecular formula is C16H16N2. The predicted octanol–water partition coefficient (Wildman–Crippen LogP) is 4.24. The lowest BCUT2D eigenvalue weighted by atomic mass is 10.1. The molecule has 0 N–H and O–H groups in total. The van der Waals surface area contributed by atoms with Crippen molar-refractivity contribution in [2.75, 3.05) is 0 Å². The zero-order valence-corrected chi connectivity index (χ0v) is 10.6. The van der Waals surface area contributed by atoms with Crippen LogP contribution in [0.25, 0.3) is 22.2 Å². The van der Waals surface area contributed by atoms with Crippen molar-refractivity contribution in [3.8, 4) is 11.3 Å². The Bertz CT molecular complexity index is 666. The van der Waals surface area contributed by atoms with Crippen LogP contribution in [0.3, 0.4) is 0 Å². The number of para-hydroxylation sites is 1. The summed E-state index contributed by atoms with van der Waals surface area (Å²) in [6, 6.07) is 14.4. The normalized spacial score (nSPS) is 10.4. The van der Waals surface area contributed by atoms with Crippen molar-refractivity contribution in [2.45, 2.75) is 14.3 Å². The first-order valence-corrected chi connectivity index (χ1v) is 5.61. The summed E-state index contributed by atoms with van der Waals surface area (Å²) in [6.07, 6.45) is 3.58. The third-order valence-electron chi connectivity index (χ3n) is 2.90. The molecule has 0 amide bonds. The zero-order chi connectivity index (χ0) is 13.7. The number of rotatable bonds is 1. The smallest absolute Gasteiger partial charge is 0.0738 e. The van der Waals surface area contributed by atoms with Gasteiger partial charge in [-0.3, -0.25) is 4.98 Å². The minimum atomic E-state index is 0.995. The maximum absolute atomic E-state index is 5.75. The molecule has 0 spiro atoms. The summed E-state index contributed by atoms with van der Waals surface area (Å²) in [5.74, 6) is 0. The number of fused-ring (bicyclic) bond motifs is 1. The first-order chi connectivity index (χ1) is 9.34. The van der Waals surface area contributed by atoms with E-state index in [0.717, 1.165) is 16.8 Å². The van der Waals surface area contributed by atoms with E-state index in [1.54, 1.807) is 12.4 Å². The molecule has 3 aromatic rings. The van der Waals surface area contributed by atoms with Gasteiger partial charge in [0.1, 0.15) is 0 Å². The highest BCUT2D eigenvalue weighted by Crippen LogP contribution is 2.22. The van der Waals surface area contributed by atoms with Crippen molar-refractivity contribution in [2.24, 2.45) is 0 Å². The predicted molar refractivity (Wildman–Crippen MR) is 76.4 cm³/mol. The first kappa shape index (κ1) is 10.9. The molecule has 2 aromatic heterocycles. The minimum Gasteiger partial charge on any atom is -0.265 e. The lowest BCUT2D eigenvalue weighted by Crippen LogP contribution is -1.87. The zero-order valence-electron chi connectivity index (χ0n) is 11.6. The summed E-state index contributed by atoms with van der Waals surface area (Å²) in [4.78, 5) is 8.74.